The van der Waals surface area contributed by atoms with Gasteiger partial charge in [-0.25, -0.2) is 0 Å². The Bertz CT molecular complexity index is 324. The number of nitrogens with zero attached hydrogens (tertiary/aromatic N) is 2. The van der Waals surface area contributed by atoms with Gasteiger partial charge in [0.2, 0.25) is 11.8 Å². The maximum absolute atomic E-state index is 11.6. The van der Waals surface area contributed by atoms with Gasteiger partial charge in [-0.3, -0.25) is 19.4 Å². The monoisotopic (exact) mass is 282 g/mol. The summed E-state index contributed by atoms with van der Waals surface area (Å²) in [5.41, 5.74) is 0. The van der Waals surface area contributed by atoms with Crippen molar-refractivity contribution in [3.8, 4) is 0 Å². The molecular weight excluding hydrogens is 256 g/mol. The molecule has 0 bridgehead atoms. The normalized spacial score (nSPS) is 23.9. The lowest BCUT2D eigenvalue weighted by Crippen LogP contribution is -2.42. The molecule has 2 amide bonds. The van der Waals surface area contributed by atoms with Crippen molar-refractivity contribution >= 4 is 11.8 Å². The van der Waals surface area contributed by atoms with Crippen molar-refractivity contribution in [2.75, 3.05) is 32.8 Å². The van der Waals surface area contributed by atoms with Crippen molar-refractivity contribution in [3.63, 3.8) is 0 Å². The van der Waals surface area contributed by atoms with Crippen LogP contribution in [0.1, 0.15) is 45.4 Å². The summed E-state index contributed by atoms with van der Waals surface area (Å²) in [5, 5.41) is 0. The number of carbonyl (C=O) groups is 2. The molecule has 2 aliphatic heterocycles. The maximum atomic E-state index is 11.6. The zero-order chi connectivity index (χ0) is 14.4. The highest BCUT2D eigenvalue weighted by atomic mass is 16.5. The summed E-state index contributed by atoms with van der Waals surface area (Å²) in [6, 6.07) is 0. The lowest BCUT2D eigenvalue weighted by Gasteiger charge is -2.30. The summed E-state index contributed by atoms with van der Waals surface area (Å²) < 4.78 is 5.78. The lowest BCUT2D eigenvalue weighted by atomic mass is 10.1. The van der Waals surface area contributed by atoms with E-state index in [9.17, 15) is 9.59 Å². The van der Waals surface area contributed by atoms with Gasteiger partial charge < -0.3 is 4.74 Å². The summed E-state index contributed by atoms with van der Waals surface area (Å²) in [6.07, 6.45) is 5.71. The van der Waals surface area contributed by atoms with Crippen LogP contribution >= 0.6 is 0 Å². The number of ether oxygens (including phenoxy) is 1. The lowest BCUT2D eigenvalue weighted by molar-refractivity contribution is -0.138. The van der Waals surface area contributed by atoms with E-state index in [0.29, 0.717) is 25.5 Å². The van der Waals surface area contributed by atoms with Gasteiger partial charge in [-0.05, 0) is 32.2 Å². The van der Waals surface area contributed by atoms with Crippen molar-refractivity contribution in [3.05, 3.63) is 0 Å². The quantitative estimate of drug-likeness (QED) is 0.663. The van der Waals surface area contributed by atoms with E-state index in [-0.39, 0.29) is 11.8 Å². The van der Waals surface area contributed by atoms with Crippen molar-refractivity contribution in [1.29, 1.82) is 0 Å². The molecule has 20 heavy (non-hydrogen) atoms. The van der Waals surface area contributed by atoms with Crippen molar-refractivity contribution in [2.45, 2.75) is 51.6 Å². The van der Waals surface area contributed by atoms with Crippen molar-refractivity contribution < 1.29 is 14.3 Å². The minimum absolute atomic E-state index is 0.0136. The Morgan fingerprint density at radius 2 is 1.95 bits per heavy atom. The second-order valence-corrected chi connectivity index (χ2v) is 5.73. The molecular formula is C15H26N2O3. The van der Waals surface area contributed by atoms with E-state index in [1.54, 1.807) is 0 Å². The van der Waals surface area contributed by atoms with Gasteiger partial charge in [0, 0.05) is 39.1 Å². The van der Waals surface area contributed by atoms with Crippen LogP contribution in [0.2, 0.25) is 0 Å². The van der Waals surface area contributed by atoms with Crippen LogP contribution in [0.4, 0.5) is 0 Å². The standard InChI is InChI=1S/C15H26N2O3/c1-2-8-16(12-13-5-3-4-11-20-13)9-10-17-14(18)6-7-15(17)19/h13H,2-12H2,1H3. The molecule has 0 aromatic rings. The minimum Gasteiger partial charge on any atom is -0.377 e. The van der Waals surface area contributed by atoms with E-state index in [1.165, 1.54) is 17.7 Å². The van der Waals surface area contributed by atoms with E-state index < -0.39 is 0 Å². The Morgan fingerprint density at radius 3 is 2.55 bits per heavy atom. The van der Waals surface area contributed by atoms with Gasteiger partial charge in [-0.2, -0.15) is 0 Å². The molecule has 0 aliphatic carbocycles. The average molecular weight is 282 g/mol. The Morgan fingerprint density at radius 1 is 1.20 bits per heavy atom. The number of amides is 2. The molecule has 0 N–H and O–H groups in total. The third kappa shape index (κ3) is 4.28. The van der Waals surface area contributed by atoms with E-state index in [1.807, 2.05) is 0 Å². The molecule has 1 unspecified atom stereocenters. The van der Waals surface area contributed by atoms with Crippen LogP contribution in [0.25, 0.3) is 0 Å². The fourth-order valence-electron chi connectivity index (χ4n) is 2.96. The molecule has 0 spiro atoms. The Labute approximate surface area is 121 Å². The predicted molar refractivity (Wildman–Crippen MR) is 76.3 cm³/mol. The molecule has 2 heterocycles. The number of carbonyl (C=O) groups excluding carboxylic acids is 2. The topological polar surface area (TPSA) is 49.9 Å². The summed E-state index contributed by atoms with van der Waals surface area (Å²) >= 11 is 0. The molecule has 0 aromatic heterocycles. The van der Waals surface area contributed by atoms with Gasteiger partial charge in [0.05, 0.1) is 6.10 Å². The summed E-state index contributed by atoms with van der Waals surface area (Å²) in [4.78, 5) is 27.0. The molecule has 0 aromatic carbocycles. The minimum atomic E-state index is -0.0136. The highest BCUT2D eigenvalue weighted by Crippen LogP contribution is 2.15. The van der Waals surface area contributed by atoms with E-state index in [4.69, 9.17) is 4.74 Å². The highest BCUT2D eigenvalue weighted by molar-refractivity contribution is 6.01. The fraction of sp³-hybridized carbons (Fsp3) is 0.867. The molecule has 5 heteroatoms. The number of hydrogen-bond donors (Lipinski definition) is 0. The SMILES string of the molecule is CCCN(CCN1C(=O)CCC1=O)CC1CCCCO1. The van der Waals surface area contributed by atoms with Crippen LogP contribution in [0.3, 0.4) is 0 Å². The van der Waals surface area contributed by atoms with Crippen LogP contribution in [-0.4, -0.2) is 60.5 Å². The molecule has 114 valence electrons. The molecule has 0 saturated carbocycles. The third-order valence-electron chi connectivity index (χ3n) is 4.07. The number of hydrogen-bond acceptors (Lipinski definition) is 4. The fourth-order valence-corrected chi connectivity index (χ4v) is 2.96. The zero-order valence-corrected chi connectivity index (χ0v) is 12.5. The summed E-state index contributed by atoms with van der Waals surface area (Å²) in [7, 11) is 0. The molecule has 2 fully saturated rings. The number of imide groups is 1. The molecule has 0 radical (unpaired) electrons. The van der Waals surface area contributed by atoms with Gasteiger partial charge in [-0.15, -0.1) is 0 Å². The molecule has 2 rings (SSSR count). The Hall–Kier alpha value is -0.940. The second kappa shape index (κ2) is 7.74. The average Bonchev–Trinajstić information content (AvgIpc) is 2.77. The van der Waals surface area contributed by atoms with Crippen LogP contribution in [0.5, 0.6) is 0 Å². The van der Waals surface area contributed by atoms with E-state index in [0.717, 1.165) is 39.1 Å². The van der Waals surface area contributed by atoms with Crippen LogP contribution in [-0.2, 0) is 14.3 Å². The number of rotatable bonds is 7. The highest BCUT2D eigenvalue weighted by Gasteiger charge is 2.29. The first kappa shape index (κ1) is 15.4. The molecule has 2 saturated heterocycles. The predicted octanol–water partition coefficient (Wildman–Crippen LogP) is 1.42. The first-order valence-electron chi connectivity index (χ1n) is 7.88. The zero-order valence-electron chi connectivity index (χ0n) is 12.5. The van der Waals surface area contributed by atoms with Crippen LogP contribution in [0, 0.1) is 0 Å². The van der Waals surface area contributed by atoms with Crippen molar-refractivity contribution in [1.82, 2.24) is 9.80 Å². The van der Waals surface area contributed by atoms with Gasteiger partial charge in [0.25, 0.3) is 0 Å². The first-order chi connectivity index (χ1) is 9.70. The van der Waals surface area contributed by atoms with Gasteiger partial charge >= 0.3 is 0 Å². The maximum Gasteiger partial charge on any atom is 0.229 e. The largest absolute Gasteiger partial charge is 0.377 e. The van der Waals surface area contributed by atoms with Crippen molar-refractivity contribution in [2.24, 2.45) is 0 Å². The van der Waals surface area contributed by atoms with Crippen LogP contribution < -0.4 is 0 Å². The Kier molecular flexibility index (Phi) is 5.98. The van der Waals surface area contributed by atoms with Gasteiger partial charge in [0.15, 0.2) is 0 Å². The van der Waals surface area contributed by atoms with E-state index in [2.05, 4.69) is 11.8 Å². The molecule has 5 nitrogen and oxygen atoms in total. The Balaban J connectivity index is 1.79. The van der Waals surface area contributed by atoms with Gasteiger partial charge in [0.1, 0.15) is 0 Å². The first-order valence-corrected chi connectivity index (χ1v) is 7.88. The smallest absolute Gasteiger partial charge is 0.229 e. The third-order valence-corrected chi connectivity index (χ3v) is 4.07. The number of likely N-dealkylation sites (tertiary alicyclic amines) is 1. The van der Waals surface area contributed by atoms with E-state index >= 15 is 0 Å². The van der Waals surface area contributed by atoms with Crippen LogP contribution in [0.15, 0.2) is 0 Å². The second-order valence-electron chi connectivity index (χ2n) is 5.73. The summed E-state index contributed by atoms with van der Waals surface area (Å²) in [5.74, 6) is -0.0271. The molecule has 1 atom stereocenters. The summed E-state index contributed by atoms with van der Waals surface area (Å²) in [6.45, 7) is 6.24. The van der Waals surface area contributed by atoms with Gasteiger partial charge in [-0.1, -0.05) is 6.92 Å². The molecule has 2 aliphatic rings.